The number of amides is 1. The first-order chi connectivity index (χ1) is 17.9. The molecule has 1 aromatic heterocycles. The largest absolute Gasteiger partial charge is 0.482 e. The minimum absolute atomic E-state index is 0.263. The number of nitrogens with zero attached hydrogens (tertiary/aromatic N) is 2. The van der Waals surface area contributed by atoms with Crippen molar-refractivity contribution in [3.63, 3.8) is 0 Å². The highest BCUT2D eigenvalue weighted by Gasteiger charge is 2.48. The van der Waals surface area contributed by atoms with Crippen LogP contribution in [0.1, 0.15) is 53.2 Å². The number of aryl methyl sites for hydroxylation is 1. The molecule has 37 heavy (non-hydrogen) atoms. The fourth-order valence-electron chi connectivity index (χ4n) is 5.83. The molecule has 0 radical (unpaired) electrons. The molecule has 7 heteroatoms. The van der Waals surface area contributed by atoms with Gasteiger partial charge in [0.25, 0.3) is 5.91 Å². The van der Waals surface area contributed by atoms with E-state index in [0.29, 0.717) is 18.5 Å². The van der Waals surface area contributed by atoms with E-state index in [0.717, 1.165) is 44.5 Å². The highest BCUT2D eigenvalue weighted by molar-refractivity contribution is 6.39. The quantitative estimate of drug-likeness (QED) is 0.376. The van der Waals surface area contributed by atoms with Crippen molar-refractivity contribution in [3.8, 4) is 5.75 Å². The molecule has 2 atom stereocenters. The van der Waals surface area contributed by atoms with Crippen molar-refractivity contribution in [2.45, 2.75) is 51.2 Å². The summed E-state index contributed by atoms with van der Waals surface area (Å²) in [6, 6.07) is 17.7. The first kappa shape index (κ1) is 26.0. The minimum Gasteiger partial charge on any atom is -0.482 e. The van der Waals surface area contributed by atoms with Crippen LogP contribution < -0.4 is 10.1 Å². The van der Waals surface area contributed by atoms with Crippen LogP contribution in [0.5, 0.6) is 5.75 Å². The van der Waals surface area contributed by atoms with E-state index >= 15 is 0 Å². The lowest BCUT2D eigenvalue weighted by Gasteiger charge is -2.44. The van der Waals surface area contributed by atoms with E-state index in [1.807, 2.05) is 0 Å². The van der Waals surface area contributed by atoms with Crippen molar-refractivity contribution < 1.29 is 9.53 Å². The molecule has 2 unspecified atom stereocenters. The van der Waals surface area contributed by atoms with Gasteiger partial charge >= 0.3 is 0 Å². The zero-order valence-corrected chi connectivity index (χ0v) is 22.9. The van der Waals surface area contributed by atoms with Gasteiger partial charge in [-0.15, -0.1) is 0 Å². The van der Waals surface area contributed by atoms with Crippen LogP contribution in [-0.2, 0) is 12.0 Å². The summed E-state index contributed by atoms with van der Waals surface area (Å²) in [5.74, 6) is 1.19. The smallest absolute Gasteiger partial charge is 0.254 e. The minimum atomic E-state index is -0.316. The Morgan fingerprint density at radius 3 is 2.46 bits per heavy atom. The van der Waals surface area contributed by atoms with Crippen molar-refractivity contribution in [1.82, 2.24) is 15.2 Å². The van der Waals surface area contributed by atoms with Crippen LogP contribution >= 0.6 is 23.2 Å². The molecule has 1 saturated heterocycles. The van der Waals surface area contributed by atoms with E-state index < -0.39 is 0 Å². The molecule has 1 N–H and O–H groups in total. The number of nitrogens with one attached hydrogen (secondary N) is 1. The van der Waals surface area contributed by atoms with Crippen molar-refractivity contribution in [2.75, 3.05) is 19.6 Å². The predicted molar refractivity (Wildman–Crippen MR) is 149 cm³/mol. The van der Waals surface area contributed by atoms with Gasteiger partial charge in [-0.25, -0.2) is 0 Å². The predicted octanol–water partition coefficient (Wildman–Crippen LogP) is 6.45. The molecule has 2 aromatic carbocycles. The molecule has 1 fully saturated rings. The van der Waals surface area contributed by atoms with E-state index in [2.05, 4.69) is 77.6 Å². The second kappa shape index (κ2) is 11.0. The highest BCUT2D eigenvalue weighted by Crippen LogP contribution is 2.49. The maximum atomic E-state index is 12.6. The number of fused-ring (bicyclic) bond motifs is 1. The molecular weight excluding hydrogens is 505 g/mol. The number of likely N-dealkylation sites (tertiary alicyclic amines) is 1. The highest BCUT2D eigenvalue weighted by atomic mass is 35.5. The van der Waals surface area contributed by atoms with Gasteiger partial charge in [0.05, 0.1) is 15.6 Å². The lowest BCUT2D eigenvalue weighted by molar-refractivity contribution is -0.0142. The number of carbonyl (C=O) groups is 1. The molecule has 3 aromatic rings. The van der Waals surface area contributed by atoms with Crippen molar-refractivity contribution in [3.05, 3.63) is 93.2 Å². The van der Waals surface area contributed by atoms with E-state index in [1.54, 1.807) is 0 Å². The van der Waals surface area contributed by atoms with Gasteiger partial charge in [0.1, 0.15) is 11.4 Å². The Balaban J connectivity index is 1.20. The first-order valence-corrected chi connectivity index (χ1v) is 13.8. The standard InChI is InChI=1S/C30H33Cl2N3O2/c1-20-7-9-23(10-8-20)30(17-22-5-3-4-6-27(22)37-30)24-12-15-35(16-13-24)21(2)11-14-34-29(36)28-25(31)18-33-19-26(28)32/h3-10,18-19,21,24H,11-17H2,1-2H3,(H,34,36). The van der Waals surface area contributed by atoms with Crippen LogP contribution in [0.15, 0.2) is 60.9 Å². The lowest BCUT2D eigenvalue weighted by atomic mass is 9.73. The SMILES string of the molecule is Cc1ccc(C2(C3CCN(C(C)CCNC(=O)c4c(Cl)cncc4Cl)CC3)Cc3ccccc3O2)cc1. The average Bonchev–Trinajstić information content (AvgIpc) is 3.30. The van der Waals surface area contributed by atoms with Gasteiger partial charge in [-0.05, 0) is 63.4 Å². The summed E-state index contributed by atoms with van der Waals surface area (Å²) in [6.45, 7) is 6.94. The van der Waals surface area contributed by atoms with Gasteiger partial charge in [-0.3, -0.25) is 9.78 Å². The Kier molecular flexibility index (Phi) is 7.75. The molecule has 2 aliphatic heterocycles. The Morgan fingerprint density at radius 2 is 1.78 bits per heavy atom. The van der Waals surface area contributed by atoms with Crippen molar-refractivity contribution in [2.24, 2.45) is 5.92 Å². The third-order valence-corrected chi connectivity index (χ3v) is 8.57. The Labute approximate surface area is 229 Å². The molecule has 0 spiro atoms. The average molecular weight is 539 g/mol. The molecule has 3 heterocycles. The van der Waals surface area contributed by atoms with Crippen LogP contribution in [0.3, 0.4) is 0 Å². The lowest BCUT2D eigenvalue weighted by Crippen LogP contribution is -2.48. The molecule has 2 aliphatic rings. The van der Waals surface area contributed by atoms with Crippen LogP contribution in [0.2, 0.25) is 10.0 Å². The van der Waals surface area contributed by atoms with Crippen LogP contribution in [0, 0.1) is 12.8 Å². The number of halogens is 2. The Hall–Kier alpha value is -2.60. The zero-order chi connectivity index (χ0) is 26.0. The summed E-state index contributed by atoms with van der Waals surface area (Å²) in [5.41, 5.74) is 3.80. The number of para-hydroxylation sites is 1. The van der Waals surface area contributed by atoms with Gasteiger partial charge < -0.3 is 15.0 Å². The topological polar surface area (TPSA) is 54.5 Å². The van der Waals surface area contributed by atoms with Crippen LogP contribution in [0.25, 0.3) is 0 Å². The van der Waals surface area contributed by atoms with Crippen molar-refractivity contribution in [1.29, 1.82) is 0 Å². The number of piperidine rings is 1. The Morgan fingerprint density at radius 1 is 1.11 bits per heavy atom. The number of rotatable bonds is 7. The second-order valence-electron chi connectivity index (χ2n) is 10.3. The summed E-state index contributed by atoms with van der Waals surface area (Å²) in [6.07, 6.45) is 6.78. The monoisotopic (exact) mass is 537 g/mol. The number of ether oxygens (including phenoxy) is 1. The second-order valence-corrected chi connectivity index (χ2v) is 11.1. The van der Waals surface area contributed by atoms with Gasteiger partial charge in [0, 0.05) is 37.3 Å². The molecule has 0 bridgehead atoms. The summed E-state index contributed by atoms with van der Waals surface area (Å²) >= 11 is 12.2. The van der Waals surface area contributed by atoms with Gasteiger partial charge in [-0.2, -0.15) is 0 Å². The molecule has 5 nitrogen and oxygen atoms in total. The van der Waals surface area contributed by atoms with Crippen LogP contribution in [-0.4, -0.2) is 41.5 Å². The summed E-state index contributed by atoms with van der Waals surface area (Å²) in [4.78, 5) is 19.0. The zero-order valence-electron chi connectivity index (χ0n) is 21.3. The molecule has 0 aliphatic carbocycles. The number of aromatic nitrogens is 1. The first-order valence-electron chi connectivity index (χ1n) is 13.0. The summed E-state index contributed by atoms with van der Waals surface area (Å²) in [5, 5.41) is 3.49. The number of benzene rings is 2. The summed E-state index contributed by atoms with van der Waals surface area (Å²) in [7, 11) is 0. The maximum Gasteiger partial charge on any atom is 0.254 e. The molecule has 194 valence electrons. The summed E-state index contributed by atoms with van der Waals surface area (Å²) < 4.78 is 6.82. The number of pyridine rings is 1. The van der Waals surface area contributed by atoms with Gasteiger partial charge in [0.2, 0.25) is 0 Å². The third-order valence-electron chi connectivity index (χ3n) is 8.00. The molecule has 0 saturated carbocycles. The maximum absolute atomic E-state index is 12.6. The normalized spacial score (nSPS) is 20.8. The number of hydrogen-bond acceptors (Lipinski definition) is 4. The fraction of sp³-hybridized carbons (Fsp3) is 0.400. The van der Waals surface area contributed by atoms with Crippen LogP contribution in [0.4, 0.5) is 0 Å². The van der Waals surface area contributed by atoms with E-state index in [-0.39, 0.29) is 27.1 Å². The number of carbonyl (C=O) groups excluding carboxylic acids is 1. The Bertz CT molecular complexity index is 1210. The van der Waals surface area contributed by atoms with Crippen molar-refractivity contribution >= 4 is 29.1 Å². The number of hydrogen-bond donors (Lipinski definition) is 1. The van der Waals surface area contributed by atoms with E-state index in [1.165, 1.54) is 29.1 Å². The fourth-order valence-corrected chi connectivity index (χ4v) is 6.36. The molecule has 5 rings (SSSR count). The molecular formula is C30H33Cl2N3O2. The molecule has 1 amide bonds. The third kappa shape index (κ3) is 5.36. The van der Waals surface area contributed by atoms with E-state index in [4.69, 9.17) is 27.9 Å². The van der Waals surface area contributed by atoms with Gasteiger partial charge in [0.15, 0.2) is 0 Å². The van der Waals surface area contributed by atoms with E-state index in [9.17, 15) is 4.79 Å². The van der Waals surface area contributed by atoms with Gasteiger partial charge in [-0.1, -0.05) is 71.2 Å².